The van der Waals surface area contributed by atoms with Crippen LogP contribution in [-0.4, -0.2) is 53.0 Å². The fraction of sp³-hybridized carbons (Fsp3) is 0.632. The van der Waals surface area contributed by atoms with Gasteiger partial charge in [-0.2, -0.15) is 0 Å². The van der Waals surface area contributed by atoms with E-state index in [1.165, 1.54) is 0 Å². The predicted molar refractivity (Wildman–Crippen MR) is 103 cm³/mol. The quantitative estimate of drug-likeness (QED) is 0.282. The second-order valence-corrected chi connectivity index (χ2v) is 7.13. The number of nitrogens with two attached hydrogens (primary N) is 1. The largest absolute Gasteiger partial charge is 0.438 e. The number of amides is 1. The SMILES string of the molecule is CC[C@@H](O)[C@@]1(C)OC(=O)N(CCCCN=[N+]=[N-])[C@@H]1[C@H](N)Cc1ccccc1. The lowest BCUT2D eigenvalue weighted by atomic mass is 9.82. The lowest BCUT2D eigenvalue weighted by Gasteiger charge is -2.38. The molecule has 1 aromatic rings. The Labute approximate surface area is 159 Å². The summed E-state index contributed by atoms with van der Waals surface area (Å²) >= 11 is 0. The van der Waals surface area contributed by atoms with Crippen LogP contribution in [0.25, 0.3) is 10.4 Å². The third kappa shape index (κ3) is 4.91. The highest BCUT2D eigenvalue weighted by Gasteiger charge is 2.56. The fourth-order valence-electron chi connectivity index (χ4n) is 3.79. The van der Waals surface area contributed by atoms with Gasteiger partial charge in [0.05, 0.1) is 12.1 Å². The van der Waals surface area contributed by atoms with Crippen LogP contribution in [0, 0.1) is 0 Å². The maximum atomic E-state index is 12.6. The van der Waals surface area contributed by atoms with Gasteiger partial charge in [0.15, 0.2) is 5.60 Å². The molecule has 4 atom stereocenters. The van der Waals surface area contributed by atoms with Crippen molar-refractivity contribution >= 4 is 6.09 Å². The lowest BCUT2D eigenvalue weighted by molar-refractivity contribution is -0.0655. The Hall–Kier alpha value is -2.28. The maximum absolute atomic E-state index is 12.6. The number of benzene rings is 1. The van der Waals surface area contributed by atoms with E-state index in [4.69, 9.17) is 16.0 Å². The van der Waals surface area contributed by atoms with Crippen molar-refractivity contribution in [3.63, 3.8) is 0 Å². The number of ether oxygens (including phenoxy) is 1. The van der Waals surface area contributed by atoms with Gasteiger partial charge in [-0.25, -0.2) is 4.79 Å². The average Bonchev–Trinajstić information content (AvgIpc) is 2.92. The van der Waals surface area contributed by atoms with Gasteiger partial charge < -0.3 is 15.6 Å². The molecule has 1 aliphatic heterocycles. The summed E-state index contributed by atoms with van der Waals surface area (Å²) in [5.41, 5.74) is 14.9. The Kier molecular flexibility index (Phi) is 7.47. The zero-order chi connectivity index (χ0) is 19.9. The first kappa shape index (κ1) is 21.0. The van der Waals surface area contributed by atoms with Crippen molar-refractivity contribution in [2.24, 2.45) is 10.8 Å². The summed E-state index contributed by atoms with van der Waals surface area (Å²) in [6.45, 7) is 4.44. The molecule has 0 spiro atoms. The smallest absolute Gasteiger partial charge is 0.410 e. The van der Waals surface area contributed by atoms with E-state index in [9.17, 15) is 9.90 Å². The summed E-state index contributed by atoms with van der Waals surface area (Å²) in [5, 5.41) is 14.1. The molecule has 0 aromatic heterocycles. The molecule has 1 amide bonds. The summed E-state index contributed by atoms with van der Waals surface area (Å²) in [7, 11) is 0. The Morgan fingerprint density at radius 1 is 1.41 bits per heavy atom. The Balaban J connectivity index is 2.19. The number of carbonyl (C=O) groups excluding carboxylic acids is 1. The highest BCUT2D eigenvalue weighted by Crippen LogP contribution is 2.36. The normalized spacial score (nSPS) is 24.2. The topological polar surface area (TPSA) is 125 Å². The molecule has 8 heteroatoms. The first-order valence-corrected chi connectivity index (χ1v) is 9.42. The number of unbranched alkanes of at least 4 members (excludes halogenated alkanes) is 1. The van der Waals surface area contributed by atoms with Crippen LogP contribution in [0.3, 0.4) is 0 Å². The number of carbonyl (C=O) groups is 1. The van der Waals surface area contributed by atoms with Gasteiger partial charge in [0.2, 0.25) is 0 Å². The average molecular weight is 375 g/mol. The molecule has 1 saturated heterocycles. The fourth-order valence-corrected chi connectivity index (χ4v) is 3.79. The van der Waals surface area contributed by atoms with Gasteiger partial charge in [0.25, 0.3) is 0 Å². The predicted octanol–water partition coefficient (Wildman–Crippen LogP) is 3.00. The lowest BCUT2D eigenvalue weighted by Crippen LogP contribution is -2.60. The molecule has 0 aliphatic carbocycles. The zero-order valence-electron chi connectivity index (χ0n) is 16.0. The summed E-state index contributed by atoms with van der Waals surface area (Å²) in [6.07, 6.45) is 1.11. The molecular formula is C19H29N5O3. The van der Waals surface area contributed by atoms with Crippen LogP contribution in [0.1, 0.15) is 38.7 Å². The van der Waals surface area contributed by atoms with Gasteiger partial charge in [0.1, 0.15) is 0 Å². The molecular weight excluding hydrogens is 346 g/mol. The molecule has 3 N–H and O–H groups in total. The number of azide groups is 1. The first-order valence-electron chi connectivity index (χ1n) is 9.42. The standard InChI is InChI=1S/C19H29N5O3/c1-3-16(25)19(2)17(15(20)13-14-9-5-4-6-10-14)24(18(26)27-19)12-8-7-11-22-23-21/h4-6,9-10,15-17,25H,3,7-8,11-13,20H2,1-2H3/t15-,16-,17-,19-/m1/s1. The van der Waals surface area contributed by atoms with Crippen molar-refractivity contribution in [3.05, 3.63) is 46.3 Å². The monoisotopic (exact) mass is 375 g/mol. The van der Waals surface area contributed by atoms with Gasteiger partial charge >= 0.3 is 6.09 Å². The maximum Gasteiger partial charge on any atom is 0.410 e. The third-order valence-corrected chi connectivity index (χ3v) is 5.20. The summed E-state index contributed by atoms with van der Waals surface area (Å²) < 4.78 is 5.64. The molecule has 0 radical (unpaired) electrons. The molecule has 148 valence electrons. The van der Waals surface area contributed by atoms with E-state index in [2.05, 4.69) is 10.0 Å². The zero-order valence-corrected chi connectivity index (χ0v) is 16.0. The van der Waals surface area contributed by atoms with Gasteiger partial charge in [0, 0.05) is 24.0 Å². The number of cyclic esters (lactones) is 1. The van der Waals surface area contributed by atoms with E-state index in [0.29, 0.717) is 38.8 Å². The molecule has 8 nitrogen and oxygen atoms in total. The van der Waals surface area contributed by atoms with Crippen LogP contribution >= 0.6 is 0 Å². The second kappa shape index (κ2) is 9.60. The van der Waals surface area contributed by atoms with Crippen LogP contribution in [-0.2, 0) is 11.2 Å². The highest BCUT2D eigenvalue weighted by molar-refractivity contribution is 5.72. The highest BCUT2D eigenvalue weighted by atomic mass is 16.6. The van der Waals surface area contributed by atoms with E-state index in [1.807, 2.05) is 37.3 Å². The van der Waals surface area contributed by atoms with Crippen LogP contribution in [0.5, 0.6) is 0 Å². The van der Waals surface area contributed by atoms with E-state index >= 15 is 0 Å². The third-order valence-electron chi connectivity index (χ3n) is 5.20. The van der Waals surface area contributed by atoms with Crippen molar-refractivity contribution < 1.29 is 14.6 Å². The van der Waals surface area contributed by atoms with E-state index in [1.54, 1.807) is 11.8 Å². The Morgan fingerprint density at radius 3 is 2.74 bits per heavy atom. The number of rotatable bonds is 10. The summed E-state index contributed by atoms with van der Waals surface area (Å²) in [5.74, 6) is 0. The molecule has 0 saturated carbocycles. The van der Waals surface area contributed by atoms with Gasteiger partial charge in [-0.1, -0.05) is 42.4 Å². The van der Waals surface area contributed by atoms with Crippen LogP contribution in [0.2, 0.25) is 0 Å². The van der Waals surface area contributed by atoms with Crippen molar-refractivity contribution in [1.29, 1.82) is 0 Å². The second-order valence-electron chi connectivity index (χ2n) is 7.13. The van der Waals surface area contributed by atoms with Crippen molar-refractivity contribution in [2.75, 3.05) is 13.1 Å². The Bertz CT molecular complexity index is 665. The minimum absolute atomic E-state index is 0.384. The van der Waals surface area contributed by atoms with E-state index < -0.39 is 23.8 Å². The molecule has 1 aliphatic rings. The number of nitrogens with zero attached hydrogens (tertiary/aromatic N) is 4. The van der Waals surface area contributed by atoms with E-state index in [-0.39, 0.29) is 6.04 Å². The van der Waals surface area contributed by atoms with Crippen molar-refractivity contribution in [3.8, 4) is 0 Å². The number of aliphatic hydroxyl groups is 1. The Morgan fingerprint density at radius 2 is 2.11 bits per heavy atom. The molecule has 1 fully saturated rings. The molecule has 2 rings (SSSR count). The molecule has 1 heterocycles. The first-order chi connectivity index (χ1) is 12.9. The summed E-state index contributed by atoms with van der Waals surface area (Å²) in [4.78, 5) is 16.9. The van der Waals surface area contributed by atoms with Crippen LogP contribution < -0.4 is 5.73 Å². The number of aliphatic hydroxyl groups excluding tert-OH is 1. The molecule has 0 unspecified atom stereocenters. The minimum Gasteiger partial charge on any atom is -0.438 e. The molecule has 27 heavy (non-hydrogen) atoms. The summed E-state index contributed by atoms with van der Waals surface area (Å²) in [6, 6.07) is 9.00. The van der Waals surface area contributed by atoms with Gasteiger partial charge in [-0.15, -0.1) is 0 Å². The number of hydrogen-bond donors (Lipinski definition) is 2. The van der Waals surface area contributed by atoms with Gasteiger partial charge in [-0.3, -0.25) is 4.90 Å². The number of hydrogen-bond acceptors (Lipinski definition) is 5. The van der Waals surface area contributed by atoms with Crippen LogP contribution in [0.15, 0.2) is 35.4 Å². The van der Waals surface area contributed by atoms with Crippen molar-refractivity contribution in [2.45, 2.75) is 63.3 Å². The van der Waals surface area contributed by atoms with Crippen LogP contribution in [0.4, 0.5) is 4.79 Å². The molecule has 0 bridgehead atoms. The van der Waals surface area contributed by atoms with Crippen molar-refractivity contribution in [1.82, 2.24) is 4.90 Å². The molecule has 1 aromatic carbocycles. The van der Waals surface area contributed by atoms with E-state index in [0.717, 1.165) is 5.56 Å². The minimum atomic E-state index is -1.06. The van der Waals surface area contributed by atoms with Gasteiger partial charge in [-0.05, 0) is 43.7 Å².